The van der Waals surface area contributed by atoms with Crippen molar-refractivity contribution in [1.82, 2.24) is 20.0 Å². The van der Waals surface area contributed by atoms with Gasteiger partial charge in [-0.2, -0.15) is 5.10 Å². The number of amides is 2. The minimum atomic E-state index is -0.0132. The lowest BCUT2D eigenvalue weighted by Gasteiger charge is -2.15. The van der Waals surface area contributed by atoms with Crippen LogP contribution in [0.2, 0.25) is 0 Å². The number of carbonyl (C=O) groups excluding carboxylic acids is 1. The minimum absolute atomic E-state index is 0.0132. The number of nitrogens with zero attached hydrogens (tertiary/aromatic N) is 3. The molecule has 0 bridgehead atoms. The molecule has 0 aromatic carbocycles. The van der Waals surface area contributed by atoms with Crippen molar-refractivity contribution in [2.45, 2.75) is 19.4 Å². The molecule has 1 aromatic rings. The fraction of sp³-hybridized carbons (Fsp3) is 0.600. The smallest absolute Gasteiger partial charge is 0.317 e. The molecule has 1 aliphatic heterocycles. The number of nitrogens with two attached hydrogens (primary N) is 1. The first-order valence-electron chi connectivity index (χ1n) is 5.47. The summed E-state index contributed by atoms with van der Waals surface area (Å²) in [5.41, 5.74) is 6.63. The molecule has 1 aromatic heterocycles. The Labute approximate surface area is 94.4 Å². The molecule has 1 saturated heterocycles. The summed E-state index contributed by atoms with van der Waals surface area (Å²) in [6.45, 7) is 2.15. The Bertz CT molecular complexity index is 381. The lowest BCUT2D eigenvalue weighted by Crippen LogP contribution is -2.37. The summed E-state index contributed by atoms with van der Waals surface area (Å²) in [5.74, 6) is 0.599. The van der Waals surface area contributed by atoms with Crippen LogP contribution in [0.1, 0.15) is 18.4 Å². The SMILES string of the molecule is Cn1ncc(CNC(=O)N2CCCC2)c1N. The van der Waals surface area contributed by atoms with Crippen LogP contribution >= 0.6 is 0 Å². The van der Waals surface area contributed by atoms with E-state index in [1.54, 1.807) is 17.9 Å². The molecule has 3 N–H and O–H groups in total. The average molecular weight is 223 g/mol. The van der Waals surface area contributed by atoms with Crippen LogP contribution in [-0.2, 0) is 13.6 Å². The topological polar surface area (TPSA) is 76.2 Å². The summed E-state index contributed by atoms with van der Waals surface area (Å²) < 4.78 is 1.59. The van der Waals surface area contributed by atoms with Crippen LogP contribution in [0.3, 0.4) is 0 Å². The fourth-order valence-corrected chi connectivity index (χ4v) is 1.83. The number of likely N-dealkylation sites (tertiary alicyclic amines) is 1. The summed E-state index contributed by atoms with van der Waals surface area (Å²) >= 11 is 0. The monoisotopic (exact) mass is 223 g/mol. The second kappa shape index (κ2) is 4.42. The van der Waals surface area contributed by atoms with Gasteiger partial charge in [0.25, 0.3) is 0 Å². The van der Waals surface area contributed by atoms with Gasteiger partial charge in [-0.05, 0) is 12.8 Å². The highest BCUT2D eigenvalue weighted by Crippen LogP contribution is 2.10. The predicted octanol–water partition coefficient (Wildman–Crippen LogP) is 0.308. The molecule has 0 aliphatic carbocycles. The average Bonchev–Trinajstić information content (AvgIpc) is 2.89. The number of nitrogen functional groups attached to an aromatic ring is 1. The minimum Gasteiger partial charge on any atom is -0.384 e. The highest BCUT2D eigenvalue weighted by molar-refractivity contribution is 5.74. The van der Waals surface area contributed by atoms with E-state index in [1.807, 2.05) is 4.90 Å². The molecule has 6 heteroatoms. The summed E-state index contributed by atoms with van der Waals surface area (Å²) in [6.07, 6.45) is 3.88. The van der Waals surface area contributed by atoms with Gasteiger partial charge in [0, 0.05) is 32.2 Å². The maximum absolute atomic E-state index is 11.7. The van der Waals surface area contributed by atoms with E-state index in [-0.39, 0.29) is 6.03 Å². The van der Waals surface area contributed by atoms with E-state index in [9.17, 15) is 4.79 Å². The van der Waals surface area contributed by atoms with Crippen molar-refractivity contribution in [2.75, 3.05) is 18.8 Å². The normalized spacial score (nSPS) is 15.4. The molecule has 1 aliphatic rings. The van der Waals surface area contributed by atoms with E-state index in [1.165, 1.54) is 0 Å². The maximum Gasteiger partial charge on any atom is 0.317 e. The highest BCUT2D eigenvalue weighted by Gasteiger charge is 2.17. The number of rotatable bonds is 2. The maximum atomic E-state index is 11.7. The van der Waals surface area contributed by atoms with Gasteiger partial charge in [-0.25, -0.2) is 4.79 Å². The van der Waals surface area contributed by atoms with Gasteiger partial charge in [0.2, 0.25) is 0 Å². The molecule has 2 amide bonds. The molecule has 88 valence electrons. The second-order valence-electron chi connectivity index (χ2n) is 4.03. The molecule has 0 radical (unpaired) electrons. The Balaban J connectivity index is 1.87. The van der Waals surface area contributed by atoms with Crippen LogP contribution in [0.15, 0.2) is 6.20 Å². The largest absolute Gasteiger partial charge is 0.384 e. The van der Waals surface area contributed by atoms with Crippen molar-refractivity contribution < 1.29 is 4.79 Å². The third-order valence-corrected chi connectivity index (χ3v) is 2.89. The summed E-state index contributed by atoms with van der Waals surface area (Å²) in [7, 11) is 1.78. The van der Waals surface area contributed by atoms with Crippen molar-refractivity contribution in [3.63, 3.8) is 0 Å². The van der Waals surface area contributed by atoms with Crippen LogP contribution in [-0.4, -0.2) is 33.8 Å². The van der Waals surface area contributed by atoms with Crippen LogP contribution in [0.4, 0.5) is 10.6 Å². The number of urea groups is 1. The van der Waals surface area contributed by atoms with Gasteiger partial charge in [0.1, 0.15) is 5.82 Å². The highest BCUT2D eigenvalue weighted by atomic mass is 16.2. The Hall–Kier alpha value is -1.72. The van der Waals surface area contributed by atoms with Crippen LogP contribution in [0.25, 0.3) is 0 Å². The number of aryl methyl sites for hydroxylation is 1. The Morgan fingerprint density at radius 1 is 1.56 bits per heavy atom. The summed E-state index contributed by atoms with van der Waals surface area (Å²) in [4.78, 5) is 13.5. The van der Waals surface area contributed by atoms with Crippen LogP contribution in [0, 0.1) is 0 Å². The van der Waals surface area contributed by atoms with Gasteiger partial charge in [0.15, 0.2) is 0 Å². The van der Waals surface area contributed by atoms with Crippen molar-refractivity contribution >= 4 is 11.8 Å². The van der Waals surface area contributed by atoms with Crippen LogP contribution in [0.5, 0.6) is 0 Å². The van der Waals surface area contributed by atoms with Gasteiger partial charge in [-0.3, -0.25) is 4.68 Å². The molecular formula is C10H17N5O. The molecule has 0 spiro atoms. The van der Waals surface area contributed by atoms with Gasteiger partial charge in [-0.1, -0.05) is 0 Å². The zero-order valence-corrected chi connectivity index (χ0v) is 9.44. The van der Waals surface area contributed by atoms with E-state index in [4.69, 9.17) is 5.73 Å². The lowest BCUT2D eigenvalue weighted by atomic mass is 10.3. The summed E-state index contributed by atoms with van der Waals surface area (Å²) in [5, 5.41) is 6.87. The van der Waals surface area contributed by atoms with E-state index in [0.717, 1.165) is 31.5 Å². The van der Waals surface area contributed by atoms with E-state index in [0.29, 0.717) is 12.4 Å². The van der Waals surface area contributed by atoms with Crippen molar-refractivity contribution in [3.8, 4) is 0 Å². The zero-order valence-electron chi connectivity index (χ0n) is 9.44. The molecule has 2 rings (SSSR count). The molecular weight excluding hydrogens is 206 g/mol. The molecule has 2 heterocycles. The van der Waals surface area contributed by atoms with Gasteiger partial charge >= 0.3 is 6.03 Å². The Kier molecular flexibility index (Phi) is 2.98. The molecule has 0 saturated carbocycles. The Morgan fingerprint density at radius 2 is 2.25 bits per heavy atom. The standard InChI is InChI=1S/C10H17N5O/c1-14-9(11)8(7-13-14)6-12-10(16)15-4-2-3-5-15/h7H,2-6,11H2,1H3,(H,12,16). The fourth-order valence-electron chi connectivity index (χ4n) is 1.83. The van der Waals surface area contributed by atoms with Gasteiger partial charge < -0.3 is 16.0 Å². The number of aromatic nitrogens is 2. The van der Waals surface area contributed by atoms with E-state index in [2.05, 4.69) is 10.4 Å². The quantitative estimate of drug-likeness (QED) is 0.757. The summed E-state index contributed by atoms with van der Waals surface area (Å²) in [6, 6.07) is -0.0132. The number of hydrogen-bond donors (Lipinski definition) is 2. The third kappa shape index (κ3) is 2.10. The third-order valence-electron chi connectivity index (χ3n) is 2.89. The molecule has 6 nitrogen and oxygen atoms in total. The van der Waals surface area contributed by atoms with Crippen molar-refractivity contribution in [1.29, 1.82) is 0 Å². The van der Waals surface area contributed by atoms with Crippen molar-refractivity contribution in [3.05, 3.63) is 11.8 Å². The predicted molar refractivity (Wildman–Crippen MR) is 60.7 cm³/mol. The molecule has 1 fully saturated rings. The Morgan fingerprint density at radius 3 is 2.81 bits per heavy atom. The lowest BCUT2D eigenvalue weighted by molar-refractivity contribution is 0.208. The molecule has 0 unspecified atom stereocenters. The number of anilines is 1. The first-order chi connectivity index (χ1) is 7.68. The number of carbonyl (C=O) groups is 1. The van der Waals surface area contributed by atoms with E-state index < -0.39 is 0 Å². The van der Waals surface area contributed by atoms with Gasteiger partial charge in [-0.15, -0.1) is 0 Å². The first kappa shape index (κ1) is 10.8. The molecule has 16 heavy (non-hydrogen) atoms. The number of nitrogens with one attached hydrogen (secondary N) is 1. The zero-order chi connectivity index (χ0) is 11.5. The van der Waals surface area contributed by atoms with E-state index >= 15 is 0 Å². The second-order valence-corrected chi connectivity index (χ2v) is 4.03. The van der Waals surface area contributed by atoms with Crippen LogP contribution < -0.4 is 11.1 Å². The molecule has 0 atom stereocenters. The first-order valence-corrected chi connectivity index (χ1v) is 5.47. The van der Waals surface area contributed by atoms with Gasteiger partial charge in [0.05, 0.1) is 6.20 Å². The van der Waals surface area contributed by atoms with Crippen molar-refractivity contribution in [2.24, 2.45) is 7.05 Å². The number of hydrogen-bond acceptors (Lipinski definition) is 3.